The number of nitrogens with zero attached hydrogens (tertiary/aromatic N) is 1. The van der Waals surface area contributed by atoms with Gasteiger partial charge in [-0.15, -0.1) is 0 Å². The van der Waals surface area contributed by atoms with Crippen molar-refractivity contribution in [2.24, 2.45) is 5.92 Å². The molecule has 1 aliphatic rings. The molecule has 1 saturated heterocycles. The van der Waals surface area contributed by atoms with Crippen molar-refractivity contribution in [1.82, 2.24) is 15.8 Å². The van der Waals surface area contributed by atoms with Gasteiger partial charge in [-0.3, -0.25) is 10.2 Å². The van der Waals surface area contributed by atoms with Gasteiger partial charge >= 0.3 is 0 Å². The number of hydrogen-bond acceptors (Lipinski definition) is 4. The van der Waals surface area contributed by atoms with Gasteiger partial charge in [0.2, 0.25) is 5.91 Å². The van der Waals surface area contributed by atoms with Gasteiger partial charge in [0.25, 0.3) is 0 Å². The number of likely N-dealkylation sites (N-methyl/N-ethyl adjacent to an activating group) is 1. The molecular formula is C20H25N3O2. The molecule has 5 heteroatoms. The Balaban J connectivity index is 1.56. The zero-order valence-electron chi connectivity index (χ0n) is 14.7. The maximum absolute atomic E-state index is 12.8. The van der Waals surface area contributed by atoms with Crippen LogP contribution in [0.5, 0.6) is 5.75 Å². The van der Waals surface area contributed by atoms with E-state index in [0.717, 1.165) is 16.9 Å². The van der Waals surface area contributed by atoms with E-state index in [9.17, 15) is 4.79 Å². The summed E-state index contributed by atoms with van der Waals surface area (Å²) in [6.07, 6.45) is 0. The maximum atomic E-state index is 12.8. The summed E-state index contributed by atoms with van der Waals surface area (Å²) in [6, 6.07) is 18.0. The average Bonchev–Trinajstić information content (AvgIpc) is 3.13. The van der Waals surface area contributed by atoms with Crippen LogP contribution in [0.1, 0.15) is 17.2 Å². The van der Waals surface area contributed by atoms with Crippen LogP contribution in [-0.4, -0.2) is 37.6 Å². The summed E-state index contributed by atoms with van der Waals surface area (Å²) in [5, 5.41) is 0. The fourth-order valence-electron chi connectivity index (χ4n) is 3.11. The summed E-state index contributed by atoms with van der Waals surface area (Å²) < 4.78 is 5.81. The lowest BCUT2D eigenvalue weighted by Gasteiger charge is -2.24. The topological polar surface area (TPSA) is 53.6 Å². The molecule has 1 aliphatic heterocycles. The molecule has 0 radical (unpaired) electrons. The van der Waals surface area contributed by atoms with Crippen molar-refractivity contribution in [3.05, 3.63) is 65.7 Å². The molecule has 2 atom stereocenters. The quantitative estimate of drug-likeness (QED) is 0.848. The van der Waals surface area contributed by atoms with E-state index < -0.39 is 0 Å². The van der Waals surface area contributed by atoms with E-state index in [1.165, 1.54) is 0 Å². The Hall–Kier alpha value is -2.37. The van der Waals surface area contributed by atoms with Crippen molar-refractivity contribution in [2.75, 3.05) is 26.7 Å². The molecule has 2 aromatic carbocycles. The highest BCUT2D eigenvalue weighted by Gasteiger charge is 2.35. The molecule has 1 heterocycles. The third-order valence-electron chi connectivity index (χ3n) is 4.61. The van der Waals surface area contributed by atoms with Crippen LogP contribution in [0.25, 0.3) is 0 Å². The molecule has 0 saturated carbocycles. The van der Waals surface area contributed by atoms with Crippen LogP contribution in [0, 0.1) is 12.8 Å². The lowest BCUT2D eigenvalue weighted by atomic mass is 9.94. The van der Waals surface area contributed by atoms with Gasteiger partial charge in [-0.05, 0) is 24.1 Å². The zero-order valence-corrected chi connectivity index (χ0v) is 14.7. The predicted octanol–water partition coefficient (Wildman–Crippen LogP) is 2.30. The smallest absolute Gasteiger partial charge is 0.228 e. The average molecular weight is 339 g/mol. The number of carbonyl (C=O) groups is 1. The molecular weight excluding hydrogens is 314 g/mol. The minimum Gasteiger partial charge on any atom is -0.491 e. The summed E-state index contributed by atoms with van der Waals surface area (Å²) >= 11 is 0. The van der Waals surface area contributed by atoms with Gasteiger partial charge in [0.1, 0.15) is 12.4 Å². The SMILES string of the molecule is Cc1ccccc1OCCN(C)C(=O)C1CNNC1c1ccccc1. The Morgan fingerprint density at radius 3 is 2.64 bits per heavy atom. The third-order valence-corrected chi connectivity index (χ3v) is 4.61. The molecule has 132 valence electrons. The van der Waals surface area contributed by atoms with E-state index in [0.29, 0.717) is 19.7 Å². The van der Waals surface area contributed by atoms with Crippen LogP contribution < -0.4 is 15.6 Å². The first-order chi connectivity index (χ1) is 12.2. The number of hydrogen-bond donors (Lipinski definition) is 2. The summed E-state index contributed by atoms with van der Waals surface area (Å²) in [7, 11) is 1.84. The second-order valence-corrected chi connectivity index (χ2v) is 6.39. The number of hydrazine groups is 1. The Bertz CT molecular complexity index is 705. The lowest BCUT2D eigenvalue weighted by molar-refractivity contribution is -0.134. The Kier molecular flexibility index (Phi) is 5.68. The van der Waals surface area contributed by atoms with Crippen LogP contribution in [0.15, 0.2) is 54.6 Å². The van der Waals surface area contributed by atoms with Gasteiger partial charge in [0.15, 0.2) is 0 Å². The monoisotopic (exact) mass is 339 g/mol. The first-order valence-electron chi connectivity index (χ1n) is 8.63. The number of ether oxygens (including phenoxy) is 1. The molecule has 1 amide bonds. The number of aryl methyl sites for hydroxylation is 1. The zero-order chi connectivity index (χ0) is 17.6. The predicted molar refractivity (Wildman–Crippen MR) is 98.1 cm³/mol. The number of benzene rings is 2. The second-order valence-electron chi connectivity index (χ2n) is 6.39. The molecule has 0 spiro atoms. The maximum Gasteiger partial charge on any atom is 0.228 e. The van der Waals surface area contributed by atoms with E-state index in [-0.39, 0.29) is 17.9 Å². The van der Waals surface area contributed by atoms with Crippen molar-refractivity contribution in [1.29, 1.82) is 0 Å². The van der Waals surface area contributed by atoms with Gasteiger partial charge in [-0.1, -0.05) is 48.5 Å². The highest BCUT2D eigenvalue weighted by molar-refractivity contribution is 5.80. The first kappa shape index (κ1) is 17.5. The van der Waals surface area contributed by atoms with E-state index >= 15 is 0 Å². The molecule has 2 N–H and O–H groups in total. The molecule has 25 heavy (non-hydrogen) atoms. The van der Waals surface area contributed by atoms with Gasteiger partial charge in [0, 0.05) is 13.6 Å². The van der Waals surface area contributed by atoms with Gasteiger partial charge < -0.3 is 9.64 Å². The van der Waals surface area contributed by atoms with Crippen LogP contribution in [0.2, 0.25) is 0 Å². The van der Waals surface area contributed by atoms with Crippen molar-refractivity contribution >= 4 is 5.91 Å². The number of rotatable bonds is 6. The summed E-state index contributed by atoms with van der Waals surface area (Å²) in [4.78, 5) is 14.6. The first-order valence-corrected chi connectivity index (χ1v) is 8.63. The van der Waals surface area contributed by atoms with E-state index in [4.69, 9.17) is 4.74 Å². The number of carbonyl (C=O) groups excluding carboxylic acids is 1. The van der Waals surface area contributed by atoms with Crippen LogP contribution in [0.3, 0.4) is 0 Å². The van der Waals surface area contributed by atoms with Crippen molar-refractivity contribution in [3.8, 4) is 5.75 Å². The largest absolute Gasteiger partial charge is 0.491 e. The van der Waals surface area contributed by atoms with Gasteiger partial charge in [0.05, 0.1) is 18.5 Å². The van der Waals surface area contributed by atoms with Crippen molar-refractivity contribution in [3.63, 3.8) is 0 Å². The third kappa shape index (κ3) is 4.18. The van der Waals surface area contributed by atoms with E-state index in [1.807, 2.05) is 68.6 Å². The second kappa shape index (κ2) is 8.14. The van der Waals surface area contributed by atoms with Crippen molar-refractivity contribution in [2.45, 2.75) is 13.0 Å². The molecule has 2 aromatic rings. The highest BCUT2D eigenvalue weighted by atomic mass is 16.5. The lowest BCUT2D eigenvalue weighted by Crippen LogP contribution is -2.38. The summed E-state index contributed by atoms with van der Waals surface area (Å²) in [6.45, 7) is 3.69. The normalized spacial score (nSPS) is 19.6. The molecule has 0 aromatic heterocycles. The Morgan fingerprint density at radius 2 is 1.88 bits per heavy atom. The standard InChI is InChI=1S/C20H25N3O2/c1-15-8-6-7-11-18(15)25-13-12-23(2)20(24)17-14-21-22-19(17)16-9-4-3-5-10-16/h3-11,17,19,21-22H,12-14H2,1-2H3. The van der Waals surface area contributed by atoms with E-state index in [2.05, 4.69) is 10.9 Å². The molecule has 3 rings (SSSR count). The van der Waals surface area contributed by atoms with Crippen LogP contribution in [0.4, 0.5) is 0 Å². The number of para-hydroxylation sites is 1. The van der Waals surface area contributed by atoms with Crippen LogP contribution in [-0.2, 0) is 4.79 Å². The molecule has 0 aliphatic carbocycles. The minimum absolute atomic E-state index is 0.00608. The van der Waals surface area contributed by atoms with Gasteiger partial charge in [-0.25, -0.2) is 5.43 Å². The van der Waals surface area contributed by atoms with E-state index in [1.54, 1.807) is 4.90 Å². The van der Waals surface area contributed by atoms with Crippen molar-refractivity contribution < 1.29 is 9.53 Å². The molecule has 5 nitrogen and oxygen atoms in total. The Labute approximate surface area is 149 Å². The number of nitrogens with one attached hydrogen (secondary N) is 2. The minimum atomic E-state index is -0.120. The summed E-state index contributed by atoms with van der Waals surface area (Å²) in [5.41, 5.74) is 8.56. The van der Waals surface area contributed by atoms with Gasteiger partial charge in [-0.2, -0.15) is 0 Å². The number of amides is 1. The fraction of sp³-hybridized carbons (Fsp3) is 0.350. The van der Waals surface area contributed by atoms with Crippen LogP contribution >= 0.6 is 0 Å². The Morgan fingerprint density at radius 1 is 1.16 bits per heavy atom. The molecule has 2 unspecified atom stereocenters. The highest BCUT2D eigenvalue weighted by Crippen LogP contribution is 2.26. The summed E-state index contributed by atoms with van der Waals surface area (Å²) in [5.74, 6) is 0.875. The molecule has 0 bridgehead atoms. The fourth-order valence-corrected chi connectivity index (χ4v) is 3.11. The molecule has 1 fully saturated rings.